The van der Waals surface area contributed by atoms with Gasteiger partial charge in [0.15, 0.2) is 0 Å². The van der Waals surface area contributed by atoms with Crippen LogP contribution in [0, 0.1) is 17.8 Å². The van der Waals surface area contributed by atoms with Gasteiger partial charge in [0.1, 0.15) is 0 Å². The molecule has 0 N–H and O–H groups in total. The summed E-state index contributed by atoms with van der Waals surface area (Å²) in [5, 5.41) is 0. The fourth-order valence-corrected chi connectivity index (χ4v) is 2.99. The van der Waals surface area contributed by atoms with Gasteiger partial charge in [-0.3, -0.25) is 4.39 Å². The zero-order chi connectivity index (χ0) is 10.4. The molecular formula is C13H25F. The Kier molecular flexibility index (Phi) is 5.50. The summed E-state index contributed by atoms with van der Waals surface area (Å²) in [5.74, 6) is 2.42. The van der Waals surface area contributed by atoms with Crippen LogP contribution in [0.15, 0.2) is 0 Å². The van der Waals surface area contributed by atoms with Crippen LogP contribution in [-0.2, 0) is 0 Å². The first-order chi connectivity index (χ1) is 6.75. The number of hydrogen-bond acceptors (Lipinski definition) is 0. The van der Waals surface area contributed by atoms with Gasteiger partial charge in [0, 0.05) is 0 Å². The van der Waals surface area contributed by atoms with E-state index in [1.165, 1.54) is 32.1 Å². The summed E-state index contributed by atoms with van der Waals surface area (Å²) in [6.45, 7) is 4.48. The Labute approximate surface area is 88.3 Å². The highest BCUT2D eigenvalue weighted by Crippen LogP contribution is 2.36. The lowest BCUT2D eigenvalue weighted by Crippen LogP contribution is -2.22. The number of halogens is 1. The average Bonchev–Trinajstić information content (AvgIpc) is 2.19. The highest BCUT2D eigenvalue weighted by molar-refractivity contribution is 4.76. The second kappa shape index (κ2) is 6.42. The van der Waals surface area contributed by atoms with Crippen molar-refractivity contribution in [2.45, 2.75) is 58.8 Å². The third kappa shape index (κ3) is 3.59. The summed E-state index contributed by atoms with van der Waals surface area (Å²) < 4.78 is 12.2. The van der Waals surface area contributed by atoms with Crippen LogP contribution < -0.4 is 0 Å². The molecule has 1 atom stereocenters. The maximum absolute atomic E-state index is 12.2. The third-order valence-electron chi connectivity index (χ3n) is 3.78. The maximum atomic E-state index is 12.2. The molecule has 0 spiro atoms. The van der Waals surface area contributed by atoms with Crippen LogP contribution in [0.4, 0.5) is 4.39 Å². The molecule has 0 aromatic heterocycles. The van der Waals surface area contributed by atoms with E-state index in [9.17, 15) is 4.39 Å². The Hall–Kier alpha value is -0.0700. The predicted molar refractivity (Wildman–Crippen MR) is 60.1 cm³/mol. The minimum atomic E-state index is -0.129. The molecule has 1 unspecified atom stereocenters. The number of alkyl halides is 1. The van der Waals surface area contributed by atoms with Gasteiger partial charge in [0.25, 0.3) is 0 Å². The largest absolute Gasteiger partial charge is 0.251 e. The molecule has 1 saturated carbocycles. The van der Waals surface area contributed by atoms with Crippen molar-refractivity contribution in [1.29, 1.82) is 0 Å². The lowest BCUT2D eigenvalue weighted by molar-refractivity contribution is 0.178. The molecule has 0 heterocycles. The van der Waals surface area contributed by atoms with E-state index in [4.69, 9.17) is 0 Å². The van der Waals surface area contributed by atoms with E-state index >= 15 is 0 Å². The summed E-state index contributed by atoms with van der Waals surface area (Å²) >= 11 is 0. The molecule has 14 heavy (non-hydrogen) atoms. The Morgan fingerprint density at radius 2 is 1.79 bits per heavy atom. The summed E-state index contributed by atoms with van der Waals surface area (Å²) in [4.78, 5) is 0. The predicted octanol–water partition coefficient (Wildman–Crippen LogP) is 4.59. The topological polar surface area (TPSA) is 0 Å². The summed E-state index contributed by atoms with van der Waals surface area (Å²) in [6.07, 6.45) is 8.92. The molecule has 84 valence electrons. The molecule has 0 aliphatic heterocycles. The quantitative estimate of drug-likeness (QED) is 0.609. The molecule has 0 bridgehead atoms. The van der Waals surface area contributed by atoms with Crippen LogP contribution in [0.3, 0.4) is 0 Å². The highest BCUT2D eigenvalue weighted by Gasteiger charge is 2.25. The molecule has 0 aromatic carbocycles. The van der Waals surface area contributed by atoms with Gasteiger partial charge in [-0.15, -0.1) is 0 Å². The summed E-state index contributed by atoms with van der Waals surface area (Å²) in [6, 6.07) is 0. The molecule has 0 amide bonds. The summed E-state index contributed by atoms with van der Waals surface area (Å²) in [5.41, 5.74) is 0. The van der Waals surface area contributed by atoms with E-state index in [1.807, 2.05) is 0 Å². The van der Waals surface area contributed by atoms with E-state index in [-0.39, 0.29) is 6.67 Å². The third-order valence-corrected chi connectivity index (χ3v) is 3.78. The van der Waals surface area contributed by atoms with Gasteiger partial charge in [-0.2, -0.15) is 0 Å². The van der Waals surface area contributed by atoms with Crippen LogP contribution in [0.25, 0.3) is 0 Å². The van der Waals surface area contributed by atoms with Crippen LogP contribution >= 0.6 is 0 Å². The molecule has 0 aromatic rings. The minimum absolute atomic E-state index is 0.129. The Balaban J connectivity index is 2.39. The van der Waals surface area contributed by atoms with E-state index < -0.39 is 0 Å². The molecule has 1 aliphatic rings. The second-order valence-electron chi connectivity index (χ2n) is 5.14. The van der Waals surface area contributed by atoms with Crippen molar-refractivity contribution in [3.05, 3.63) is 0 Å². The van der Waals surface area contributed by atoms with E-state index in [1.54, 1.807) is 0 Å². The molecular weight excluding hydrogens is 175 g/mol. The highest BCUT2D eigenvalue weighted by atomic mass is 19.1. The van der Waals surface area contributed by atoms with Crippen LogP contribution in [0.1, 0.15) is 58.8 Å². The molecule has 0 saturated heterocycles. The van der Waals surface area contributed by atoms with Gasteiger partial charge in [-0.05, 0) is 30.6 Å². The van der Waals surface area contributed by atoms with Crippen molar-refractivity contribution in [2.75, 3.05) is 6.67 Å². The standard InChI is InChI=1S/C13H25F/c1-11(2)13(9-6-10-14)12-7-4-3-5-8-12/h11-13H,3-10H2,1-2H3. The molecule has 0 nitrogen and oxygen atoms in total. The van der Waals surface area contributed by atoms with E-state index in [0.717, 1.165) is 30.6 Å². The van der Waals surface area contributed by atoms with Crippen molar-refractivity contribution in [3.8, 4) is 0 Å². The lowest BCUT2D eigenvalue weighted by Gasteiger charge is -2.33. The molecule has 0 radical (unpaired) electrons. The molecule has 1 aliphatic carbocycles. The first-order valence-corrected chi connectivity index (χ1v) is 6.31. The van der Waals surface area contributed by atoms with E-state index in [0.29, 0.717) is 0 Å². The number of hydrogen-bond donors (Lipinski definition) is 0. The lowest BCUT2D eigenvalue weighted by atomic mass is 9.73. The van der Waals surface area contributed by atoms with Crippen molar-refractivity contribution in [3.63, 3.8) is 0 Å². The maximum Gasteiger partial charge on any atom is 0.0894 e. The van der Waals surface area contributed by atoms with Gasteiger partial charge in [0.05, 0.1) is 6.67 Å². The van der Waals surface area contributed by atoms with Gasteiger partial charge < -0.3 is 0 Å². The normalized spacial score (nSPS) is 21.4. The summed E-state index contributed by atoms with van der Waals surface area (Å²) in [7, 11) is 0. The van der Waals surface area contributed by atoms with Gasteiger partial charge in [-0.25, -0.2) is 0 Å². The molecule has 1 heteroatoms. The van der Waals surface area contributed by atoms with Crippen LogP contribution in [-0.4, -0.2) is 6.67 Å². The fourth-order valence-electron chi connectivity index (χ4n) is 2.99. The fraction of sp³-hybridized carbons (Fsp3) is 1.00. The van der Waals surface area contributed by atoms with Gasteiger partial charge in [0.2, 0.25) is 0 Å². The van der Waals surface area contributed by atoms with Crippen molar-refractivity contribution in [2.24, 2.45) is 17.8 Å². The second-order valence-corrected chi connectivity index (χ2v) is 5.14. The zero-order valence-electron chi connectivity index (χ0n) is 9.77. The Morgan fingerprint density at radius 1 is 1.14 bits per heavy atom. The molecule has 1 fully saturated rings. The van der Waals surface area contributed by atoms with Crippen molar-refractivity contribution < 1.29 is 4.39 Å². The smallest absolute Gasteiger partial charge is 0.0894 e. The van der Waals surface area contributed by atoms with Gasteiger partial charge in [-0.1, -0.05) is 46.0 Å². The number of rotatable bonds is 5. The SMILES string of the molecule is CC(C)C(CCCF)C1CCCCC1. The van der Waals surface area contributed by atoms with E-state index in [2.05, 4.69) is 13.8 Å². The zero-order valence-corrected chi connectivity index (χ0v) is 9.77. The van der Waals surface area contributed by atoms with Gasteiger partial charge >= 0.3 is 0 Å². The Bertz CT molecular complexity index is 136. The average molecular weight is 200 g/mol. The van der Waals surface area contributed by atoms with Crippen molar-refractivity contribution in [1.82, 2.24) is 0 Å². The monoisotopic (exact) mass is 200 g/mol. The first kappa shape index (κ1) is 12.0. The molecule has 1 rings (SSSR count). The first-order valence-electron chi connectivity index (χ1n) is 6.31. The van der Waals surface area contributed by atoms with Crippen LogP contribution in [0.2, 0.25) is 0 Å². The van der Waals surface area contributed by atoms with Crippen LogP contribution in [0.5, 0.6) is 0 Å². The Morgan fingerprint density at radius 3 is 2.29 bits per heavy atom. The minimum Gasteiger partial charge on any atom is -0.251 e. The van der Waals surface area contributed by atoms with Crippen molar-refractivity contribution >= 4 is 0 Å².